The Balaban J connectivity index is 1.63. The molecular formula is C19H20F2N2O2. The van der Waals surface area contributed by atoms with Crippen LogP contribution in [0.5, 0.6) is 11.5 Å². The number of ether oxygens (including phenoxy) is 1. The van der Waals surface area contributed by atoms with Crippen LogP contribution in [0.25, 0.3) is 0 Å². The number of hydrogen-bond donors (Lipinski definition) is 1. The highest BCUT2D eigenvalue weighted by Gasteiger charge is 2.22. The third kappa shape index (κ3) is 4.14. The summed E-state index contributed by atoms with van der Waals surface area (Å²) in [5, 5.41) is 3.24. The van der Waals surface area contributed by atoms with E-state index < -0.39 is 11.6 Å². The molecule has 1 N–H and O–H groups in total. The number of carbonyl (C=O) groups is 1. The van der Waals surface area contributed by atoms with Crippen molar-refractivity contribution in [1.29, 1.82) is 0 Å². The van der Waals surface area contributed by atoms with Crippen LogP contribution in [0.4, 0.5) is 8.78 Å². The molecule has 0 aromatic heterocycles. The Kier molecular flexibility index (Phi) is 5.28. The summed E-state index contributed by atoms with van der Waals surface area (Å²) in [6, 6.07) is 10.5. The Morgan fingerprint density at radius 1 is 1.04 bits per heavy atom. The van der Waals surface area contributed by atoms with Crippen molar-refractivity contribution in [2.75, 3.05) is 20.1 Å². The van der Waals surface area contributed by atoms with Gasteiger partial charge in [-0.2, -0.15) is 0 Å². The van der Waals surface area contributed by atoms with E-state index in [2.05, 4.69) is 5.32 Å². The summed E-state index contributed by atoms with van der Waals surface area (Å²) in [6.45, 7) is 1.47. The first-order valence-electron chi connectivity index (χ1n) is 8.26. The van der Waals surface area contributed by atoms with Crippen LogP contribution >= 0.6 is 0 Å². The molecule has 132 valence electrons. The van der Waals surface area contributed by atoms with Crippen molar-refractivity contribution in [2.24, 2.45) is 0 Å². The van der Waals surface area contributed by atoms with E-state index in [0.29, 0.717) is 17.4 Å². The molecule has 4 nitrogen and oxygen atoms in total. The Bertz CT molecular complexity index is 742. The second kappa shape index (κ2) is 7.61. The zero-order valence-corrected chi connectivity index (χ0v) is 14.0. The van der Waals surface area contributed by atoms with Crippen molar-refractivity contribution in [1.82, 2.24) is 10.2 Å². The van der Waals surface area contributed by atoms with Gasteiger partial charge in [-0.05, 0) is 56.3 Å². The number of nitrogens with zero attached hydrogens (tertiary/aromatic N) is 1. The van der Waals surface area contributed by atoms with E-state index in [1.54, 1.807) is 24.3 Å². The molecule has 0 spiro atoms. The van der Waals surface area contributed by atoms with Crippen molar-refractivity contribution in [2.45, 2.75) is 18.9 Å². The van der Waals surface area contributed by atoms with Gasteiger partial charge in [-0.1, -0.05) is 0 Å². The molecule has 0 radical (unpaired) electrons. The fourth-order valence-electron chi connectivity index (χ4n) is 2.90. The summed E-state index contributed by atoms with van der Waals surface area (Å²) in [7, 11) is 1.94. The fourth-order valence-corrected chi connectivity index (χ4v) is 2.90. The van der Waals surface area contributed by atoms with E-state index in [4.69, 9.17) is 4.74 Å². The van der Waals surface area contributed by atoms with Gasteiger partial charge in [0, 0.05) is 30.8 Å². The van der Waals surface area contributed by atoms with Crippen LogP contribution < -0.4 is 10.1 Å². The molecule has 2 aromatic rings. The molecule has 1 aliphatic heterocycles. The van der Waals surface area contributed by atoms with Gasteiger partial charge in [0.2, 0.25) is 0 Å². The van der Waals surface area contributed by atoms with Crippen LogP contribution in [0.15, 0.2) is 42.5 Å². The lowest BCUT2D eigenvalue weighted by Crippen LogP contribution is -2.43. The fraction of sp³-hybridized carbons (Fsp3) is 0.316. The molecule has 0 bridgehead atoms. The van der Waals surface area contributed by atoms with Gasteiger partial charge in [-0.25, -0.2) is 8.78 Å². The quantitative estimate of drug-likeness (QED) is 0.920. The first kappa shape index (κ1) is 17.4. The van der Waals surface area contributed by atoms with Crippen LogP contribution in [-0.2, 0) is 0 Å². The Morgan fingerprint density at radius 2 is 1.68 bits per heavy atom. The molecule has 1 heterocycles. The van der Waals surface area contributed by atoms with Crippen LogP contribution in [0, 0.1) is 11.6 Å². The van der Waals surface area contributed by atoms with Gasteiger partial charge in [0.15, 0.2) is 11.6 Å². The predicted octanol–water partition coefficient (Wildman–Crippen LogP) is 3.58. The smallest absolute Gasteiger partial charge is 0.253 e. The summed E-state index contributed by atoms with van der Waals surface area (Å²) < 4.78 is 31.6. The lowest BCUT2D eigenvalue weighted by atomic mass is 10.0. The van der Waals surface area contributed by atoms with Crippen molar-refractivity contribution in [3.63, 3.8) is 0 Å². The average molecular weight is 346 g/mol. The standard InChI is InChI=1S/C19H20F2N2O2/c1-22-14-8-10-23(11-9-14)19(24)13-2-4-15(5-3-13)25-16-6-7-17(20)18(21)12-16/h2-7,12,14,22H,8-11H2,1H3. The van der Waals surface area contributed by atoms with Gasteiger partial charge in [-0.3, -0.25) is 4.79 Å². The lowest BCUT2D eigenvalue weighted by molar-refractivity contribution is 0.0707. The zero-order valence-electron chi connectivity index (χ0n) is 14.0. The molecule has 0 atom stereocenters. The van der Waals surface area contributed by atoms with E-state index in [1.807, 2.05) is 11.9 Å². The van der Waals surface area contributed by atoms with Gasteiger partial charge in [0.1, 0.15) is 11.5 Å². The highest BCUT2D eigenvalue weighted by molar-refractivity contribution is 5.94. The number of piperidine rings is 1. The number of hydrogen-bond acceptors (Lipinski definition) is 3. The Morgan fingerprint density at radius 3 is 2.28 bits per heavy atom. The van der Waals surface area contributed by atoms with Crippen LogP contribution in [0.3, 0.4) is 0 Å². The zero-order chi connectivity index (χ0) is 17.8. The van der Waals surface area contributed by atoms with Crippen molar-refractivity contribution < 1.29 is 18.3 Å². The Hall–Kier alpha value is -2.47. The minimum atomic E-state index is -0.964. The Labute approximate surface area is 145 Å². The van der Waals surface area contributed by atoms with Gasteiger partial charge < -0.3 is 15.0 Å². The molecule has 1 aliphatic rings. The summed E-state index contributed by atoms with van der Waals surface area (Å²) in [4.78, 5) is 14.4. The number of amides is 1. The van der Waals surface area contributed by atoms with Gasteiger partial charge >= 0.3 is 0 Å². The molecule has 6 heteroatoms. The van der Waals surface area contributed by atoms with Crippen LogP contribution in [0.2, 0.25) is 0 Å². The number of rotatable bonds is 4. The van der Waals surface area contributed by atoms with Crippen molar-refractivity contribution >= 4 is 5.91 Å². The summed E-state index contributed by atoms with van der Waals surface area (Å²) in [5.74, 6) is -1.23. The topological polar surface area (TPSA) is 41.6 Å². The highest BCUT2D eigenvalue weighted by Crippen LogP contribution is 2.24. The first-order valence-corrected chi connectivity index (χ1v) is 8.26. The van der Waals surface area contributed by atoms with Crippen molar-refractivity contribution in [3.05, 3.63) is 59.7 Å². The van der Waals surface area contributed by atoms with Gasteiger partial charge in [0.25, 0.3) is 5.91 Å². The minimum absolute atomic E-state index is 0.00562. The molecule has 0 aliphatic carbocycles. The first-order chi connectivity index (χ1) is 12.1. The molecule has 3 rings (SSSR count). The van der Waals surface area contributed by atoms with Crippen LogP contribution in [-0.4, -0.2) is 37.0 Å². The molecule has 0 saturated carbocycles. The molecule has 1 fully saturated rings. The molecule has 1 amide bonds. The number of nitrogens with one attached hydrogen (secondary N) is 1. The molecule has 25 heavy (non-hydrogen) atoms. The normalized spacial score (nSPS) is 15.2. The number of carbonyl (C=O) groups excluding carboxylic acids is 1. The van der Waals surface area contributed by atoms with E-state index in [9.17, 15) is 13.6 Å². The monoisotopic (exact) mass is 346 g/mol. The van der Waals surface area contributed by atoms with E-state index >= 15 is 0 Å². The summed E-state index contributed by atoms with van der Waals surface area (Å²) >= 11 is 0. The van der Waals surface area contributed by atoms with Crippen LogP contribution in [0.1, 0.15) is 23.2 Å². The van der Waals surface area contributed by atoms with Crippen molar-refractivity contribution in [3.8, 4) is 11.5 Å². The molecule has 0 unspecified atom stereocenters. The predicted molar refractivity (Wildman–Crippen MR) is 90.9 cm³/mol. The maximum atomic E-state index is 13.2. The number of likely N-dealkylation sites (tertiary alicyclic amines) is 1. The molecule has 2 aromatic carbocycles. The van der Waals surface area contributed by atoms with E-state index in [-0.39, 0.29) is 11.7 Å². The second-order valence-corrected chi connectivity index (χ2v) is 6.06. The number of benzene rings is 2. The second-order valence-electron chi connectivity index (χ2n) is 6.06. The third-order valence-electron chi connectivity index (χ3n) is 4.42. The average Bonchev–Trinajstić information content (AvgIpc) is 2.65. The lowest BCUT2D eigenvalue weighted by Gasteiger charge is -2.31. The maximum Gasteiger partial charge on any atom is 0.253 e. The number of halogens is 2. The van der Waals surface area contributed by atoms with E-state index in [0.717, 1.165) is 38.1 Å². The minimum Gasteiger partial charge on any atom is -0.457 e. The maximum absolute atomic E-state index is 13.2. The third-order valence-corrected chi connectivity index (χ3v) is 4.42. The van der Waals surface area contributed by atoms with Gasteiger partial charge in [-0.15, -0.1) is 0 Å². The molecular weight excluding hydrogens is 326 g/mol. The van der Waals surface area contributed by atoms with Gasteiger partial charge in [0.05, 0.1) is 0 Å². The SMILES string of the molecule is CNC1CCN(C(=O)c2ccc(Oc3ccc(F)c(F)c3)cc2)CC1. The van der Waals surface area contributed by atoms with E-state index in [1.165, 1.54) is 6.07 Å². The molecule has 1 saturated heterocycles. The summed E-state index contributed by atoms with van der Waals surface area (Å²) in [5.41, 5.74) is 0.584. The highest BCUT2D eigenvalue weighted by atomic mass is 19.2. The summed E-state index contributed by atoms with van der Waals surface area (Å²) in [6.07, 6.45) is 1.89. The largest absolute Gasteiger partial charge is 0.457 e.